The van der Waals surface area contributed by atoms with Crippen molar-refractivity contribution in [2.75, 3.05) is 11.1 Å². The van der Waals surface area contributed by atoms with E-state index in [0.717, 1.165) is 4.90 Å². The van der Waals surface area contributed by atoms with Crippen molar-refractivity contribution in [2.24, 2.45) is 0 Å². The number of halogens is 1. The molecule has 26 heavy (non-hydrogen) atoms. The molecule has 0 aliphatic carbocycles. The van der Waals surface area contributed by atoms with Gasteiger partial charge in [-0.3, -0.25) is 14.5 Å². The minimum absolute atomic E-state index is 0.00827. The molecule has 1 saturated heterocycles. The maximum absolute atomic E-state index is 12.5. The Hall–Kier alpha value is -2.20. The zero-order valence-electron chi connectivity index (χ0n) is 13.4. The largest absolute Gasteiger partial charge is 0.477 e. The highest BCUT2D eigenvalue weighted by atomic mass is 79.9. The molecule has 0 radical (unpaired) electrons. The van der Waals surface area contributed by atoms with Crippen LogP contribution in [0.25, 0.3) is 0 Å². The van der Waals surface area contributed by atoms with E-state index in [1.807, 2.05) is 0 Å². The number of carboxylic acids is 1. The average Bonchev–Trinajstić information content (AvgIpc) is 2.58. The van der Waals surface area contributed by atoms with E-state index in [9.17, 15) is 27.9 Å². The van der Waals surface area contributed by atoms with Crippen molar-refractivity contribution >= 4 is 43.6 Å². The van der Waals surface area contributed by atoms with Gasteiger partial charge >= 0.3 is 5.97 Å². The predicted molar refractivity (Wildman–Crippen MR) is 95.0 cm³/mol. The molecule has 2 atom stereocenters. The van der Waals surface area contributed by atoms with Gasteiger partial charge in [0, 0.05) is 5.33 Å². The van der Waals surface area contributed by atoms with Crippen LogP contribution in [0.1, 0.15) is 5.56 Å². The molecule has 1 fully saturated rings. The number of nitrogens with one attached hydrogen (secondary N) is 1. The van der Waals surface area contributed by atoms with E-state index in [1.165, 1.54) is 0 Å². The second-order valence-electron chi connectivity index (χ2n) is 6.00. The van der Waals surface area contributed by atoms with E-state index in [2.05, 4.69) is 21.2 Å². The Morgan fingerprint density at radius 2 is 1.92 bits per heavy atom. The number of carbonyl (C=O) groups is 3. The number of hydrogen-bond acceptors (Lipinski definition) is 5. The number of amides is 2. The van der Waals surface area contributed by atoms with Crippen LogP contribution >= 0.6 is 15.9 Å². The Morgan fingerprint density at radius 3 is 2.50 bits per heavy atom. The highest BCUT2D eigenvalue weighted by molar-refractivity contribution is 9.09. The Kier molecular flexibility index (Phi) is 4.89. The molecule has 2 heterocycles. The lowest BCUT2D eigenvalue weighted by Crippen LogP contribution is -2.74. The highest BCUT2D eigenvalue weighted by Crippen LogP contribution is 2.37. The van der Waals surface area contributed by atoms with Crippen LogP contribution in [-0.4, -0.2) is 58.7 Å². The van der Waals surface area contributed by atoms with E-state index in [0.29, 0.717) is 5.56 Å². The van der Waals surface area contributed by atoms with E-state index in [1.54, 1.807) is 30.3 Å². The number of fused-ring (bicyclic) bond motifs is 1. The van der Waals surface area contributed by atoms with Gasteiger partial charge in [-0.25, -0.2) is 13.2 Å². The summed E-state index contributed by atoms with van der Waals surface area (Å²) >= 11 is 3.06. The summed E-state index contributed by atoms with van der Waals surface area (Å²) < 4.78 is 25.0. The molecule has 2 aliphatic heterocycles. The Labute approximate surface area is 157 Å². The zero-order valence-corrected chi connectivity index (χ0v) is 15.8. The molecule has 0 bridgehead atoms. The number of nitrogens with zero attached hydrogens (tertiary/aromatic N) is 1. The molecule has 1 aromatic carbocycles. The molecule has 3 rings (SSSR count). The zero-order chi connectivity index (χ0) is 19.1. The summed E-state index contributed by atoms with van der Waals surface area (Å²) in [5, 5.41) is 10.4. The molecule has 2 amide bonds. The summed E-state index contributed by atoms with van der Waals surface area (Å²) in [7, 11) is -3.81. The average molecular weight is 443 g/mol. The van der Waals surface area contributed by atoms with Gasteiger partial charge in [-0.1, -0.05) is 46.3 Å². The number of carboxylic acid groups (broad SMARTS) is 1. The molecule has 2 N–H and O–H groups in total. The fourth-order valence-corrected chi connectivity index (χ4v) is 5.88. The number of sulfone groups is 1. The minimum atomic E-state index is -3.81. The summed E-state index contributed by atoms with van der Waals surface area (Å²) in [6.45, 7) is 0. The third-order valence-electron chi connectivity index (χ3n) is 4.25. The number of β-lactam (4-membered cyclic amide) rings is 1. The molecule has 0 saturated carbocycles. The Morgan fingerprint density at radius 1 is 1.27 bits per heavy atom. The van der Waals surface area contributed by atoms with Gasteiger partial charge in [0.2, 0.25) is 5.91 Å². The number of alkyl halides is 1. The van der Waals surface area contributed by atoms with Crippen LogP contribution in [0.4, 0.5) is 0 Å². The summed E-state index contributed by atoms with van der Waals surface area (Å²) in [6, 6.07) is 7.51. The van der Waals surface area contributed by atoms with Crippen LogP contribution in [0.3, 0.4) is 0 Å². The second kappa shape index (κ2) is 6.84. The molecule has 10 heteroatoms. The van der Waals surface area contributed by atoms with Gasteiger partial charge in [0.25, 0.3) is 5.91 Å². The first-order valence-electron chi connectivity index (χ1n) is 7.65. The van der Waals surface area contributed by atoms with E-state index < -0.39 is 44.8 Å². The van der Waals surface area contributed by atoms with Crippen molar-refractivity contribution in [3.63, 3.8) is 0 Å². The monoisotopic (exact) mass is 442 g/mol. The molecule has 1 aromatic rings. The summed E-state index contributed by atoms with van der Waals surface area (Å²) in [4.78, 5) is 36.8. The standard InChI is InChI=1S/C16H15BrN2O6S/c17-7-10-8-26(24,25)15-12(14(21)19(15)13(10)16(22)23)18-11(20)6-9-4-2-1-3-5-9/h1-5,12,15H,6-8H2,(H,18,20)(H,22,23)/t12-,15-/m1/s1. The van der Waals surface area contributed by atoms with Gasteiger partial charge in [-0.15, -0.1) is 0 Å². The van der Waals surface area contributed by atoms with Crippen molar-refractivity contribution in [2.45, 2.75) is 17.8 Å². The molecule has 0 spiro atoms. The fraction of sp³-hybridized carbons (Fsp3) is 0.312. The topological polar surface area (TPSA) is 121 Å². The van der Waals surface area contributed by atoms with Crippen LogP contribution < -0.4 is 5.32 Å². The number of aliphatic carboxylic acids is 1. The van der Waals surface area contributed by atoms with Gasteiger partial charge in [0.1, 0.15) is 11.7 Å². The third-order valence-corrected chi connectivity index (χ3v) is 6.90. The first-order valence-corrected chi connectivity index (χ1v) is 10.5. The highest BCUT2D eigenvalue weighted by Gasteiger charge is 2.60. The molecular formula is C16H15BrN2O6S. The van der Waals surface area contributed by atoms with Crippen LogP contribution in [0, 0.1) is 0 Å². The first kappa shape index (κ1) is 18.6. The summed E-state index contributed by atoms with van der Waals surface area (Å²) in [6.07, 6.45) is -0.00827. The van der Waals surface area contributed by atoms with Gasteiger partial charge in [0.15, 0.2) is 15.2 Å². The maximum atomic E-state index is 12.5. The van der Waals surface area contributed by atoms with Gasteiger partial charge in [-0.2, -0.15) is 0 Å². The molecule has 0 aromatic heterocycles. The second-order valence-corrected chi connectivity index (χ2v) is 8.66. The van der Waals surface area contributed by atoms with Crippen molar-refractivity contribution in [3.05, 3.63) is 47.2 Å². The van der Waals surface area contributed by atoms with Crippen LogP contribution in [-0.2, 0) is 30.6 Å². The van der Waals surface area contributed by atoms with Gasteiger partial charge < -0.3 is 10.4 Å². The lowest BCUT2D eigenvalue weighted by atomic mass is 10.0. The molecule has 8 nitrogen and oxygen atoms in total. The van der Waals surface area contributed by atoms with E-state index in [4.69, 9.17) is 0 Å². The molecule has 2 aliphatic rings. The molecular weight excluding hydrogens is 428 g/mol. The summed E-state index contributed by atoms with van der Waals surface area (Å²) in [5.74, 6) is -3.09. The first-order chi connectivity index (χ1) is 12.3. The Bertz CT molecular complexity index is 912. The van der Waals surface area contributed by atoms with Gasteiger partial charge in [-0.05, 0) is 11.1 Å². The lowest BCUT2D eigenvalue weighted by Gasteiger charge is -2.49. The smallest absolute Gasteiger partial charge is 0.352 e. The normalized spacial score (nSPS) is 23.9. The number of benzene rings is 1. The molecule has 0 unspecified atom stereocenters. The van der Waals surface area contributed by atoms with Crippen LogP contribution in [0.5, 0.6) is 0 Å². The van der Waals surface area contributed by atoms with Crippen LogP contribution in [0.15, 0.2) is 41.6 Å². The van der Waals surface area contributed by atoms with E-state index >= 15 is 0 Å². The predicted octanol–water partition coefficient (Wildman–Crippen LogP) is 0.0442. The lowest BCUT2D eigenvalue weighted by molar-refractivity contribution is -0.151. The van der Waals surface area contributed by atoms with Crippen molar-refractivity contribution in [3.8, 4) is 0 Å². The summed E-state index contributed by atoms with van der Waals surface area (Å²) in [5.41, 5.74) is 0.490. The fourth-order valence-electron chi connectivity index (χ4n) is 3.13. The van der Waals surface area contributed by atoms with Crippen LogP contribution in [0.2, 0.25) is 0 Å². The number of rotatable bonds is 5. The minimum Gasteiger partial charge on any atom is -0.477 e. The van der Waals surface area contributed by atoms with Crippen molar-refractivity contribution in [1.29, 1.82) is 0 Å². The number of hydrogen-bond donors (Lipinski definition) is 2. The Balaban J connectivity index is 1.83. The quantitative estimate of drug-likeness (QED) is 0.490. The third kappa shape index (κ3) is 3.14. The van der Waals surface area contributed by atoms with Gasteiger partial charge in [0.05, 0.1) is 12.2 Å². The maximum Gasteiger partial charge on any atom is 0.352 e. The van der Waals surface area contributed by atoms with Crippen molar-refractivity contribution < 1.29 is 27.9 Å². The van der Waals surface area contributed by atoms with Crippen molar-refractivity contribution in [1.82, 2.24) is 10.2 Å². The van der Waals surface area contributed by atoms with E-state index in [-0.39, 0.29) is 23.0 Å². The number of carbonyl (C=O) groups excluding carboxylic acids is 2. The molecule has 138 valence electrons. The SMILES string of the molecule is O=C(Cc1ccccc1)N[C@@H]1C(=O)N2C(C(=O)O)=C(CBr)CS(=O)(=O)[C@H]12.